The molecule has 0 saturated heterocycles. The van der Waals surface area contributed by atoms with E-state index in [9.17, 15) is 9.90 Å². The maximum absolute atomic E-state index is 11.4. The van der Waals surface area contributed by atoms with Gasteiger partial charge in [0, 0.05) is 0 Å². The van der Waals surface area contributed by atoms with Crippen LogP contribution in [0.15, 0.2) is 12.7 Å². The summed E-state index contributed by atoms with van der Waals surface area (Å²) in [6.45, 7) is 7.75. The smallest absolute Gasteiger partial charge is 0.335 e. The van der Waals surface area contributed by atoms with Crippen molar-refractivity contribution in [2.75, 3.05) is 6.61 Å². The second-order valence-corrected chi connectivity index (χ2v) is 4.03. The monoisotopic (exact) mass is 228 g/mol. The van der Waals surface area contributed by atoms with Gasteiger partial charge < -0.3 is 9.84 Å². The van der Waals surface area contributed by atoms with Crippen LogP contribution in [0.5, 0.6) is 0 Å². The molecule has 3 heteroatoms. The number of ether oxygens (including phenoxy) is 1. The van der Waals surface area contributed by atoms with E-state index in [1.54, 1.807) is 0 Å². The molecule has 94 valence electrons. The van der Waals surface area contributed by atoms with Crippen LogP contribution in [0.3, 0.4) is 0 Å². The molecule has 0 spiro atoms. The SMILES string of the molecule is C=CCOC(=O)[C@H](O)[C@H](CC)CCCCC. The lowest BCUT2D eigenvalue weighted by Gasteiger charge is -2.19. The Bertz CT molecular complexity index is 201. The number of carbonyl (C=O) groups is 1. The maximum atomic E-state index is 11.4. The molecule has 2 atom stereocenters. The van der Waals surface area contributed by atoms with E-state index >= 15 is 0 Å². The molecule has 0 rings (SSSR count). The third kappa shape index (κ3) is 5.91. The Morgan fingerprint density at radius 2 is 2.12 bits per heavy atom. The number of hydrogen-bond donors (Lipinski definition) is 1. The summed E-state index contributed by atoms with van der Waals surface area (Å²) >= 11 is 0. The van der Waals surface area contributed by atoms with Crippen LogP contribution in [0.1, 0.15) is 46.0 Å². The van der Waals surface area contributed by atoms with Gasteiger partial charge in [0.25, 0.3) is 0 Å². The Morgan fingerprint density at radius 3 is 2.62 bits per heavy atom. The van der Waals surface area contributed by atoms with Gasteiger partial charge in [-0.1, -0.05) is 52.2 Å². The topological polar surface area (TPSA) is 46.5 Å². The number of rotatable bonds is 9. The number of hydrogen-bond acceptors (Lipinski definition) is 3. The fourth-order valence-electron chi connectivity index (χ4n) is 1.66. The summed E-state index contributed by atoms with van der Waals surface area (Å²) in [5.41, 5.74) is 0. The van der Waals surface area contributed by atoms with E-state index < -0.39 is 12.1 Å². The Labute approximate surface area is 98.5 Å². The highest BCUT2D eigenvalue weighted by molar-refractivity contribution is 5.74. The first-order valence-electron chi connectivity index (χ1n) is 6.12. The predicted octanol–water partition coefficient (Wildman–Crippen LogP) is 2.68. The van der Waals surface area contributed by atoms with E-state index in [1.807, 2.05) is 6.92 Å². The Hall–Kier alpha value is -0.830. The van der Waals surface area contributed by atoms with E-state index in [4.69, 9.17) is 4.74 Å². The van der Waals surface area contributed by atoms with Gasteiger partial charge in [-0.15, -0.1) is 0 Å². The second kappa shape index (κ2) is 9.40. The summed E-state index contributed by atoms with van der Waals surface area (Å²) < 4.78 is 4.84. The molecule has 0 radical (unpaired) electrons. The van der Waals surface area contributed by atoms with Crippen LogP contribution in [-0.2, 0) is 9.53 Å². The van der Waals surface area contributed by atoms with Crippen molar-refractivity contribution in [3.05, 3.63) is 12.7 Å². The molecule has 0 aromatic heterocycles. The van der Waals surface area contributed by atoms with Gasteiger partial charge >= 0.3 is 5.97 Å². The van der Waals surface area contributed by atoms with Crippen molar-refractivity contribution >= 4 is 5.97 Å². The Balaban J connectivity index is 4.01. The van der Waals surface area contributed by atoms with Gasteiger partial charge in [0.15, 0.2) is 6.10 Å². The zero-order chi connectivity index (χ0) is 12.4. The van der Waals surface area contributed by atoms with Crippen molar-refractivity contribution in [2.24, 2.45) is 5.92 Å². The van der Waals surface area contributed by atoms with Gasteiger partial charge in [0.05, 0.1) is 0 Å². The second-order valence-electron chi connectivity index (χ2n) is 4.03. The average molecular weight is 228 g/mol. The molecule has 3 nitrogen and oxygen atoms in total. The summed E-state index contributed by atoms with van der Waals surface area (Å²) in [6.07, 6.45) is 5.55. The molecule has 0 heterocycles. The predicted molar refractivity (Wildman–Crippen MR) is 65.1 cm³/mol. The molecular weight excluding hydrogens is 204 g/mol. The quantitative estimate of drug-likeness (QED) is 0.375. The van der Waals surface area contributed by atoms with E-state index in [1.165, 1.54) is 6.08 Å². The summed E-state index contributed by atoms with van der Waals surface area (Å²) in [6, 6.07) is 0. The number of aliphatic hydroxyl groups excluding tert-OH is 1. The highest BCUT2D eigenvalue weighted by Crippen LogP contribution is 2.18. The minimum Gasteiger partial charge on any atom is -0.460 e. The molecule has 0 aliphatic heterocycles. The van der Waals surface area contributed by atoms with Crippen LogP contribution in [0.4, 0.5) is 0 Å². The fourth-order valence-corrected chi connectivity index (χ4v) is 1.66. The molecule has 0 fully saturated rings. The molecule has 0 saturated carbocycles. The van der Waals surface area contributed by atoms with Gasteiger partial charge in [-0.2, -0.15) is 0 Å². The van der Waals surface area contributed by atoms with Crippen molar-refractivity contribution in [1.29, 1.82) is 0 Å². The van der Waals surface area contributed by atoms with Gasteiger partial charge in [-0.3, -0.25) is 0 Å². The molecule has 0 aromatic carbocycles. The minimum atomic E-state index is -0.984. The van der Waals surface area contributed by atoms with Crippen LogP contribution in [0.25, 0.3) is 0 Å². The first-order chi connectivity index (χ1) is 7.67. The highest BCUT2D eigenvalue weighted by Gasteiger charge is 2.25. The van der Waals surface area contributed by atoms with E-state index in [2.05, 4.69) is 13.5 Å². The first kappa shape index (κ1) is 15.2. The molecular formula is C13H24O3. The number of esters is 1. The lowest BCUT2D eigenvalue weighted by Crippen LogP contribution is -2.31. The van der Waals surface area contributed by atoms with Crippen molar-refractivity contribution < 1.29 is 14.6 Å². The van der Waals surface area contributed by atoms with Gasteiger partial charge in [0.2, 0.25) is 0 Å². The number of carbonyl (C=O) groups excluding carboxylic acids is 1. The van der Waals surface area contributed by atoms with Crippen LogP contribution >= 0.6 is 0 Å². The molecule has 0 amide bonds. The first-order valence-corrected chi connectivity index (χ1v) is 6.12. The van der Waals surface area contributed by atoms with Crippen LogP contribution in [0.2, 0.25) is 0 Å². The summed E-state index contributed by atoms with van der Waals surface area (Å²) in [5, 5.41) is 9.79. The fraction of sp³-hybridized carbons (Fsp3) is 0.769. The Morgan fingerprint density at radius 1 is 1.44 bits per heavy atom. The third-order valence-electron chi connectivity index (χ3n) is 2.73. The third-order valence-corrected chi connectivity index (χ3v) is 2.73. The van der Waals surface area contributed by atoms with Gasteiger partial charge in [-0.25, -0.2) is 4.79 Å². The lowest BCUT2D eigenvalue weighted by atomic mass is 9.93. The molecule has 16 heavy (non-hydrogen) atoms. The van der Waals surface area contributed by atoms with E-state index in [-0.39, 0.29) is 12.5 Å². The molecule has 0 aliphatic carbocycles. The highest BCUT2D eigenvalue weighted by atomic mass is 16.5. The standard InChI is InChI=1S/C13H24O3/c1-4-7-8-9-11(6-3)12(14)13(15)16-10-5-2/h5,11-12,14H,2,4,6-10H2,1,3H3/t11-,12-/m1/s1. The number of unbranched alkanes of at least 4 members (excludes halogenated alkanes) is 2. The van der Waals surface area contributed by atoms with Crippen molar-refractivity contribution in [3.8, 4) is 0 Å². The molecule has 0 bridgehead atoms. The molecule has 0 unspecified atom stereocenters. The largest absolute Gasteiger partial charge is 0.460 e. The summed E-state index contributed by atoms with van der Waals surface area (Å²) in [7, 11) is 0. The number of aliphatic hydroxyl groups is 1. The molecule has 1 N–H and O–H groups in total. The lowest BCUT2D eigenvalue weighted by molar-refractivity contribution is -0.155. The van der Waals surface area contributed by atoms with Gasteiger partial charge in [-0.05, 0) is 12.3 Å². The zero-order valence-electron chi connectivity index (χ0n) is 10.4. The van der Waals surface area contributed by atoms with Crippen molar-refractivity contribution in [1.82, 2.24) is 0 Å². The van der Waals surface area contributed by atoms with E-state index in [0.717, 1.165) is 32.1 Å². The summed E-state index contributed by atoms with van der Waals surface area (Å²) in [4.78, 5) is 11.4. The maximum Gasteiger partial charge on any atom is 0.335 e. The van der Waals surface area contributed by atoms with Crippen molar-refractivity contribution in [3.63, 3.8) is 0 Å². The van der Waals surface area contributed by atoms with Gasteiger partial charge in [0.1, 0.15) is 6.61 Å². The minimum absolute atomic E-state index is 0.0175. The molecule has 0 aromatic rings. The summed E-state index contributed by atoms with van der Waals surface area (Å²) in [5.74, 6) is -0.507. The Kier molecular flexibility index (Phi) is 8.91. The van der Waals surface area contributed by atoms with Crippen LogP contribution in [-0.4, -0.2) is 23.8 Å². The normalized spacial score (nSPS) is 14.2. The van der Waals surface area contributed by atoms with E-state index in [0.29, 0.717) is 0 Å². The zero-order valence-corrected chi connectivity index (χ0v) is 10.4. The van der Waals surface area contributed by atoms with Crippen molar-refractivity contribution in [2.45, 2.75) is 52.1 Å². The molecule has 0 aliphatic rings. The average Bonchev–Trinajstić information content (AvgIpc) is 2.31. The van der Waals surface area contributed by atoms with Crippen LogP contribution < -0.4 is 0 Å². The van der Waals surface area contributed by atoms with Crippen LogP contribution in [0, 0.1) is 5.92 Å².